The predicted octanol–water partition coefficient (Wildman–Crippen LogP) is -1.06. The first-order chi connectivity index (χ1) is 5.18. The SMILES string of the molecule is O=C(O)NCC1CNC(=O)N1. The van der Waals surface area contributed by atoms with E-state index in [0.29, 0.717) is 6.54 Å². The molecule has 0 bridgehead atoms. The maximum absolute atomic E-state index is 10.5. The Hall–Kier alpha value is -1.46. The van der Waals surface area contributed by atoms with Crippen LogP contribution in [0.25, 0.3) is 0 Å². The third-order valence-electron chi connectivity index (χ3n) is 1.34. The Morgan fingerprint density at radius 3 is 3.00 bits per heavy atom. The van der Waals surface area contributed by atoms with Gasteiger partial charge in [0.25, 0.3) is 0 Å². The minimum atomic E-state index is -1.08. The second-order valence-corrected chi connectivity index (χ2v) is 2.24. The summed E-state index contributed by atoms with van der Waals surface area (Å²) in [6.45, 7) is 0.715. The lowest BCUT2D eigenvalue weighted by Gasteiger charge is -2.06. The molecule has 1 aliphatic heterocycles. The van der Waals surface area contributed by atoms with E-state index in [9.17, 15) is 9.59 Å². The first kappa shape index (κ1) is 7.64. The first-order valence-corrected chi connectivity index (χ1v) is 3.19. The average Bonchev–Trinajstić information content (AvgIpc) is 2.31. The summed E-state index contributed by atoms with van der Waals surface area (Å²) in [5.74, 6) is 0. The van der Waals surface area contributed by atoms with Gasteiger partial charge in [0, 0.05) is 13.1 Å². The van der Waals surface area contributed by atoms with Crippen molar-refractivity contribution in [2.75, 3.05) is 13.1 Å². The van der Waals surface area contributed by atoms with Crippen molar-refractivity contribution in [1.82, 2.24) is 16.0 Å². The molecule has 0 aromatic carbocycles. The Kier molecular flexibility index (Phi) is 2.15. The highest BCUT2D eigenvalue weighted by molar-refractivity contribution is 5.76. The van der Waals surface area contributed by atoms with Gasteiger partial charge in [-0.3, -0.25) is 0 Å². The zero-order valence-electron chi connectivity index (χ0n) is 5.76. The molecule has 1 saturated heterocycles. The van der Waals surface area contributed by atoms with E-state index < -0.39 is 6.09 Å². The van der Waals surface area contributed by atoms with Crippen LogP contribution in [0.3, 0.4) is 0 Å². The second kappa shape index (κ2) is 3.09. The average molecular weight is 159 g/mol. The van der Waals surface area contributed by atoms with Crippen molar-refractivity contribution in [3.05, 3.63) is 0 Å². The highest BCUT2D eigenvalue weighted by Gasteiger charge is 2.19. The fourth-order valence-corrected chi connectivity index (χ4v) is 0.837. The first-order valence-electron chi connectivity index (χ1n) is 3.19. The van der Waals surface area contributed by atoms with Crippen LogP contribution in [-0.2, 0) is 0 Å². The number of urea groups is 1. The largest absolute Gasteiger partial charge is 0.465 e. The lowest BCUT2D eigenvalue weighted by atomic mass is 10.3. The van der Waals surface area contributed by atoms with E-state index >= 15 is 0 Å². The highest BCUT2D eigenvalue weighted by Crippen LogP contribution is 1.87. The smallest absolute Gasteiger partial charge is 0.404 e. The van der Waals surface area contributed by atoms with E-state index in [1.165, 1.54) is 0 Å². The third kappa shape index (κ3) is 2.32. The summed E-state index contributed by atoms with van der Waals surface area (Å²) in [6.07, 6.45) is -1.08. The number of carbonyl (C=O) groups is 2. The van der Waals surface area contributed by atoms with Crippen LogP contribution in [0.5, 0.6) is 0 Å². The molecule has 0 radical (unpaired) electrons. The van der Waals surface area contributed by atoms with Crippen molar-refractivity contribution < 1.29 is 14.7 Å². The van der Waals surface area contributed by atoms with Crippen molar-refractivity contribution in [2.45, 2.75) is 6.04 Å². The number of nitrogens with one attached hydrogen (secondary N) is 3. The molecule has 0 spiro atoms. The van der Waals surface area contributed by atoms with Crippen LogP contribution in [0.4, 0.5) is 9.59 Å². The Morgan fingerprint density at radius 2 is 2.55 bits per heavy atom. The van der Waals surface area contributed by atoms with Crippen molar-refractivity contribution >= 4 is 12.1 Å². The lowest BCUT2D eigenvalue weighted by Crippen LogP contribution is -2.38. The molecule has 1 heterocycles. The molecule has 1 fully saturated rings. The molecule has 6 nitrogen and oxygen atoms in total. The fraction of sp³-hybridized carbons (Fsp3) is 0.600. The standard InChI is InChI=1S/C5H9N3O3/c9-4-6-1-3(8-4)2-7-5(10)11/h3,7H,1-2H2,(H,10,11)(H2,6,8,9). The number of amides is 3. The molecule has 4 N–H and O–H groups in total. The van der Waals surface area contributed by atoms with Gasteiger partial charge in [0.05, 0.1) is 6.04 Å². The van der Waals surface area contributed by atoms with Crippen molar-refractivity contribution in [3.8, 4) is 0 Å². The molecular weight excluding hydrogens is 150 g/mol. The topological polar surface area (TPSA) is 90.5 Å². The minimum Gasteiger partial charge on any atom is -0.465 e. The molecule has 1 rings (SSSR count). The number of carboxylic acid groups (broad SMARTS) is 1. The molecule has 62 valence electrons. The second-order valence-electron chi connectivity index (χ2n) is 2.24. The summed E-state index contributed by atoms with van der Waals surface area (Å²) in [5.41, 5.74) is 0. The highest BCUT2D eigenvalue weighted by atomic mass is 16.4. The van der Waals surface area contributed by atoms with Crippen LogP contribution in [0, 0.1) is 0 Å². The summed E-state index contributed by atoms with van der Waals surface area (Å²) < 4.78 is 0. The molecule has 1 unspecified atom stereocenters. The Bertz CT molecular complexity index is 182. The van der Waals surface area contributed by atoms with E-state index in [-0.39, 0.29) is 18.6 Å². The van der Waals surface area contributed by atoms with Crippen molar-refractivity contribution in [3.63, 3.8) is 0 Å². The van der Waals surface area contributed by atoms with E-state index in [4.69, 9.17) is 5.11 Å². The lowest BCUT2D eigenvalue weighted by molar-refractivity contribution is 0.193. The molecule has 11 heavy (non-hydrogen) atoms. The van der Waals surface area contributed by atoms with Crippen LogP contribution in [0.15, 0.2) is 0 Å². The maximum Gasteiger partial charge on any atom is 0.404 e. The monoisotopic (exact) mass is 159 g/mol. The molecule has 3 amide bonds. The summed E-state index contributed by atoms with van der Waals surface area (Å²) in [7, 11) is 0. The van der Waals surface area contributed by atoms with Gasteiger partial charge in [-0.05, 0) is 0 Å². The molecule has 0 aromatic rings. The predicted molar refractivity (Wildman–Crippen MR) is 36.3 cm³/mol. The summed E-state index contributed by atoms with van der Waals surface area (Å²) >= 11 is 0. The van der Waals surface area contributed by atoms with Gasteiger partial charge in [-0.2, -0.15) is 0 Å². The van der Waals surface area contributed by atoms with Crippen LogP contribution < -0.4 is 16.0 Å². The molecule has 6 heteroatoms. The Labute approximate surface area is 63.0 Å². The van der Waals surface area contributed by atoms with Crippen molar-refractivity contribution in [1.29, 1.82) is 0 Å². The molecule has 1 aliphatic rings. The zero-order chi connectivity index (χ0) is 8.27. The molecule has 0 saturated carbocycles. The summed E-state index contributed by atoms with van der Waals surface area (Å²) in [5, 5.41) is 15.4. The fourth-order valence-electron chi connectivity index (χ4n) is 0.837. The summed E-state index contributed by atoms with van der Waals surface area (Å²) in [6, 6.07) is -0.374. The van der Waals surface area contributed by atoms with E-state index in [1.807, 2.05) is 0 Å². The molecule has 0 aromatic heterocycles. The van der Waals surface area contributed by atoms with Crippen LogP contribution in [0.2, 0.25) is 0 Å². The number of rotatable bonds is 2. The van der Waals surface area contributed by atoms with E-state index in [1.54, 1.807) is 0 Å². The van der Waals surface area contributed by atoms with Crippen LogP contribution >= 0.6 is 0 Å². The number of hydrogen-bond acceptors (Lipinski definition) is 2. The van der Waals surface area contributed by atoms with Crippen LogP contribution in [-0.4, -0.2) is 36.4 Å². The van der Waals surface area contributed by atoms with Gasteiger partial charge in [-0.25, -0.2) is 9.59 Å². The summed E-state index contributed by atoms with van der Waals surface area (Å²) in [4.78, 5) is 20.5. The van der Waals surface area contributed by atoms with Gasteiger partial charge < -0.3 is 21.1 Å². The van der Waals surface area contributed by atoms with Crippen molar-refractivity contribution in [2.24, 2.45) is 0 Å². The molecule has 0 aliphatic carbocycles. The minimum absolute atomic E-state index is 0.126. The number of hydrogen-bond donors (Lipinski definition) is 4. The van der Waals surface area contributed by atoms with Gasteiger partial charge in [0.2, 0.25) is 0 Å². The van der Waals surface area contributed by atoms with Gasteiger partial charge in [-0.1, -0.05) is 0 Å². The Balaban J connectivity index is 2.18. The van der Waals surface area contributed by atoms with E-state index in [2.05, 4.69) is 16.0 Å². The molecular formula is C5H9N3O3. The van der Waals surface area contributed by atoms with E-state index in [0.717, 1.165) is 0 Å². The third-order valence-corrected chi connectivity index (χ3v) is 1.34. The normalized spacial score (nSPS) is 22.2. The zero-order valence-corrected chi connectivity index (χ0v) is 5.76. The van der Waals surface area contributed by atoms with Crippen LogP contribution in [0.1, 0.15) is 0 Å². The van der Waals surface area contributed by atoms with Gasteiger partial charge >= 0.3 is 12.1 Å². The van der Waals surface area contributed by atoms with Gasteiger partial charge in [-0.15, -0.1) is 0 Å². The quantitative estimate of drug-likeness (QED) is 0.413. The molecule has 1 atom stereocenters. The Morgan fingerprint density at radius 1 is 1.82 bits per heavy atom. The van der Waals surface area contributed by atoms with Gasteiger partial charge in [0.1, 0.15) is 0 Å². The maximum atomic E-state index is 10.5. The number of carbonyl (C=O) groups excluding carboxylic acids is 1. The van der Waals surface area contributed by atoms with Gasteiger partial charge in [0.15, 0.2) is 0 Å².